The number of hydrogen-bond acceptors (Lipinski definition) is 3. The van der Waals surface area contributed by atoms with Gasteiger partial charge in [0.05, 0.1) is 19.3 Å². The number of ether oxygens (including phenoxy) is 1. The minimum atomic E-state index is -0.290. The Balaban J connectivity index is 1.69. The number of benzene rings is 2. The molecule has 0 aliphatic rings. The summed E-state index contributed by atoms with van der Waals surface area (Å²) in [6, 6.07) is 13.9. The number of para-hydroxylation sites is 2. The molecule has 0 radical (unpaired) electrons. The number of thiocarbonyl (C=S) groups is 1. The van der Waals surface area contributed by atoms with E-state index in [0.29, 0.717) is 27.3 Å². The molecule has 2 N–H and O–H groups in total. The van der Waals surface area contributed by atoms with E-state index in [9.17, 15) is 4.39 Å². The smallest absolute Gasteiger partial charge is 0.176 e. The Morgan fingerprint density at radius 2 is 1.92 bits per heavy atom. The molecule has 0 aliphatic heterocycles. The zero-order valence-electron chi connectivity index (χ0n) is 13.9. The van der Waals surface area contributed by atoms with Crippen LogP contribution in [0.5, 0.6) is 5.75 Å². The second-order valence-electron chi connectivity index (χ2n) is 5.39. The highest BCUT2D eigenvalue weighted by molar-refractivity contribution is 7.80. The number of nitrogens with one attached hydrogen (secondary N) is 2. The maximum Gasteiger partial charge on any atom is 0.176 e. The molecule has 1 heterocycles. The van der Waals surface area contributed by atoms with Crippen molar-refractivity contribution in [1.29, 1.82) is 0 Å². The monoisotopic (exact) mass is 390 g/mol. The van der Waals surface area contributed by atoms with Crippen LogP contribution in [0.15, 0.2) is 54.7 Å². The minimum absolute atomic E-state index is 0.265. The predicted octanol–water partition coefficient (Wildman–Crippen LogP) is 4.54. The lowest BCUT2D eigenvalue weighted by atomic mass is 10.2. The molecule has 0 atom stereocenters. The van der Waals surface area contributed by atoms with Crippen molar-refractivity contribution in [2.75, 3.05) is 17.7 Å². The SMILES string of the molecule is COc1ccccc1NC(=S)Nc1nn(Cc2ccccc2F)cc1Cl. The average molecular weight is 391 g/mol. The van der Waals surface area contributed by atoms with E-state index in [0.717, 1.165) is 5.69 Å². The summed E-state index contributed by atoms with van der Waals surface area (Å²) in [5.41, 5.74) is 1.24. The quantitative estimate of drug-likeness (QED) is 0.626. The van der Waals surface area contributed by atoms with Crippen LogP contribution >= 0.6 is 23.8 Å². The van der Waals surface area contributed by atoms with Crippen LogP contribution in [0.2, 0.25) is 5.02 Å². The fourth-order valence-corrected chi connectivity index (χ4v) is 2.78. The van der Waals surface area contributed by atoms with Crippen molar-refractivity contribution in [3.05, 3.63) is 71.1 Å². The Labute approximate surface area is 160 Å². The first-order valence-corrected chi connectivity index (χ1v) is 8.53. The fourth-order valence-electron chi connectivity index (χ4n) is 2.37. The topological polar surface area (TPSA) is 51.1 Å². The van der Waals surface area contributed by atoms with Gasteiger partial charge in [-0.15, -0.1) is 0 Å². The van der Waals surface area contributed by atoms with Crippen LogP contribution < -0.4 is 15.4 Å². The molecule has 0 bridgehead atoms. The predicted molar refractivity (Wildman–Crippen MR) is 106 cm³/mol. The van der Waals surface area contributed by atoms with Gasteiger partial charge >= 0.3 is 0 Å². The first-order valence-electron chi connectivity index (χ1n) is 7.74. The van der Waals surface area contributed by atoms with Gasteiger partial charge in [-0.05, 0) is 30.4 Å². The van der Waals surface area contributed by atoms with Crippen LogP contribution in [-0.4, -0.2) is 22.0 Å². The molecule has 0 spiro atoms. The molecule has 0 fully saturated rings. The van der Waals surface area contributed by atoms with Gasteiger partial charge in [0.25, 0.3) is 0 Å². The van der Waals surface area contributed by atoms with Crippen molar-refractivity contribution in [3.8, 4) is 5.75 Å². The highest BCUT2D eigenvalue weighted by Gasteiger charge is 2.11. The third-order valence-corrected chi connectivity index (χ3v) is 4.08. The second kappa shape index (κ2) is 8.16. The van der Waals surface area contributed by atoms with Crippen molar-refractivity contribution in [2.45, 2.75) is 6.54 Å². The normalized spacial score (nSPS) is 10.4. The maximum atomic E-state index is 13.8. The molecular formula is C18H16ClFN4OS. The number of rotatable bonds is 5. The highest BCUT2D eigenvalue weighted by Crippen LogP contribution is 2.24. The summed E-state index contributed by atoms with van der Waals surface area (Å²) in [7, 11) is 1.58. The second-order valence-corrected chi connectivity index (χ2v) is 6.21. The van der Waals surface area contributed by atoms with E-state index in [2.05, 4.69) is 15.7 Å². The molecule has 0 saturated heterocycles. The lowest BCUT2D eigenvalue weighted by molar-refractivity contribution is 0.417. The number of nitrogens with zero attached hydrogens (tertiary/aromatic N) is 2. The van der Waals surface area contributed by atoms with Gasteiger partial charge in [0.1, 0.15) is 16.6 Å². The Hall–Kier alpha value is -2.64. The van der Waals surface area contributed by atoms with Crippen molar-refractivity contribution >= 4 is 40.4 Å². The molecule has 3 aromatic rings. The zero-order valence-corrected chi connectivity index (χ0v) is 15.4. The first-order chi connectivity index (χ1) is 12.6. The molecular weight excluding hydrogens is 375 g/mol. The van der Waals surface area contributed by atoms with Crippen LogP contribution in [0.4, 0.5) is 15.9 Å². The largest absolute Gasteiger partial charge is 0.495 e. The van der Waals surface area contributed by atoms with E-state index < -0.39 is 0 Å². The molecule has 2 aromatic carbocycles. The standard InChI is InChI=1S/C18H16ClFN4OS/c1-25-16-9-5-4-8-15(16)21-18(26)22-17-13(19)11-24(23-17)10-12-6-2-3-7-14(12)20/h2-9,11H,10H2,1H3,(H2,21,22,23,26). The average Bonchev–Trinajstić information content (AvgIpc) is 2.96. The van der Waals surface area contributed by atoms with Crippen LogP contribution in [0.1, 0.15) is 5.56 Å². The fraction of sp³-hybridized carbons (Fsp3) is 0.111. The molecule has 134 valence electrons. The van der Waals surface area contributed by atoms with Crippen LogP contribution in [0, 0.1) is 5.82 Å². The molecule has 0 amide bonds. The first kappa shape index (κ1) is 18.2. The number of hydrogen-bond donors (Lipinski definition) is 2. The third-order valence-electron chi connectivity index (χ3n) is 3.59. The van der Waals surface area contributed by atoms with E-state index >= 15 is 0 Å². The molecule has 8 heteroatoms. The summed E-state index contributed by atoms with van der Waals surface area (Å²) >= 11 is 11.5. The van der Waals surface area contributed by atoms with Crippen LogP contribution in [-0.2, 0) is 6.54 Å². The van der Waals surface area contributed by atoms with Gasteiger partial charge in [0.15, 0.2) is 10.9 Å². The molecule has 26 heavy (non-hydrogen) atoms. The van der Waals surface area contributed by atoms with Gasteiger partial charge in [0, 0.05) is 11.8 Å². The summed E-state index contributed by atoms with van der Waals surface area (Å²) in [5, 5.41) is 11.0. The van der Waals surface area contributed by atoms with Gasteiger partial charge in [-0.2, -0.15) is 5.10 Å². The molecule has 5 nitrogen and oxygen atoms in total. The van der Waals surface area contributed by atoms with Crippen molar-refractivity contribution in [1.82, 2.24) is 9.78 Å². The van der Waals surface area contributed by atoms with E-state index in [4.69, 9.17) is 28.6 Å². The zero-order chi connectivity index (χ0) is 18.5. The van der Waals surface area contributed by atoms with E-state index in [1.165, 1.54) is 6.07 Å². The molecule has 0 saturated carbocycles. The Morgan fingerprint density at radius 1 is 1.19 bits per heavy atom. The summed E-state index contributed by atoms with van der Waals surface area (Å²) in [6.45, 7) is 0.265. The number of halogens is 2. The van der Waals surface area contributed by atoms with Crippen molar-refractivity contribution in [2.24, 2.45) is 0 Å². The van der Waals surface area contributed by atoms with Crippen LogP contribution in [0.3, 0.4) is 0 Å². The summed E-state index contributed by atoms with van der Waals surface area (Å²) < 4.78 is 20.6. The van der Waals surface area contributed by atoms with Gasteiger partial charge in [0.2, 0.25) is 0 Å². The van der Waals surface area contributed by atoms with E-state index in [1.54, 1.807) is 36.2 Å². The number of methoxy groups -OCH3 is 1. The lowest BCUT2D eigenvalue weighted by Gasteiger charge is -2.12. The van der Waals surface area contributed by atoms with Crippen molar-refractivity contribution in [3.63, 3.8) is 0 Å². The highest BCUT2D eigenvalue weighted by atomic mass is 35.5. The summed E-state index contributed by atoms with van der Waals surface area (Å²) in [4.78, 5) is 0. The Bertz CT molecular complexity index is 931. The van der Waals surface area contributed by atoms with Crippen molar-refractivity contribution < 1.29 is 9.13 Å². The molecule has 0 aliphatic carbocycles. The van der Waals surface area contributed by atoms with Gasteiger partial charge in [-0.3, -0.25) is 4.68 Å². The van der Waals surface area contributed by atoms with Gasteiger partial charge in [-0.25, -0.2) is 4.39 Å². The summed E-state index contributed by atoms with van der Waals surface area (Å²) in [6.07, 6.45) is 1.61. The van der Waals surface area contributed by atoms with Gasteiger partial charge in [-0.1, -0.05) is 41.9 Å². The van der Waals surface area contributed by atoms with Crippen LogP contribution in [0.25, 0.3) is 0 Å². The minimum Gasteiger partial charge on any atom is -0.495 e. The van der Waals surface area contributed by atoms with Gasteiger partial charge < -0.3 is 15.4 Å². The maximum absolute atomic E-state index is 13.8. The molecule has 0 unspecified atom stereocenters. The lowest BCUT2D eigenvalue weighted by Crippen LogP contribution is -2.20. The summed E-state index contributed by atoms with van der Waals surface area (Å²) in [5.74, 6) is 0.755. The Morgan fingerprint density at radius 3 is 2.69 bits per heavy atom. The molecule has 1 aromatic heterocycles. The number of aromatic nitrogens is 2. The van der Waals surface area contributed by atoms with E-state index in [1.807, 2.05) is 24.3 Å². The Kier molecular flexibility index (Phi) is 5.70. The molecule has 3 rings (SSSR count). The third kappa shape index (κ3) is 4.30. The number of anilines is 2. The van der Waals surface area contributed by atoms with E-state index in [-0.39, 0.29) is 12.4 Å².